The fourth-order valence-corrected chi connectivity index (χ4v) is 9.59. The van der Waals surface area contributed by atoms with Crippen LogP contribution < -0.4 is 4.74 Å². The van der Waals surface area contributed by atoms with Crippen molar-refractivity contribution in [3.8, 4) is 11.5 Å². The summed E-state index contributed by atoms with van der Waals surface area (Å²) in [5, 5.41) is 33.7. The van der Waals surface area contributed by atoms with Crippen molar-refractivity contribution in [3.63, 3.8) is 0 Å². The zero-order valence-corrected chi connectivity index (χ0v) is 40.9. The van der Waals surface area contributed by atoms with Crippen LogP contribution in [0.2, 0.25) is 0 Å². The summed E-state index contributed by atoms with van der Waals surface area (Å²) in [6.07, 6.45) is 8.72. The number of ketones is 3. The molecule has 13 atom stereocenters. The second-order valence-electron chi connectivity index (χ2n) is 19.2. The molecule has 1 amide bonds. The number of ether oxygens (including phenoxy) is 5. The molecule has 3 N–H and O–H groups in total. The number of methoxy groups -OCH3 is 2. The van der Waals surface area contributed by atoms with E-state index in [2.05, 4.69) is 0 Å². The van der Waals surface area contributed by atoms with E-state index in [0.717, 1.165) is 11.1 Å². The first-order valence-electron chi connectivity index (χ1n) is 24.0. The van der Waals surface area contributed by atoms with Gasteiger partial charge >= 0.3 is 5.97 Å². The molecule has 0 radical (unpaired) electrons. The molecule has 0 spiro atoms. The monoisotopic (exact) mass is 924 g/mol. The normalized spacial score (nSPS) is 33.8. The summed E-state index contributed by atoms with van der Waals surface area (Å²) >= 11 is 0. The Balaban J connectivity index is 1.71. The lowest BCUT2D eigenvalue weighted by atomic mass is 9.82. The Morgan fingerprint density at radius 2 is 1.65 bits per heavy atom. The van der Waals surface area contributed by atoms with E-state index in [-0.39, 0.29) is 54.8 Å². The van der Waals surface area contributed by atoms with Gasteiger partial charge in [-0.25, -0.2) is 4.79 Å². The largest absolute Gasteiger partial charge is 0.504 e. The Bertz CT molecular complexity index is 1910. The Morgan fingerprint density at radius 1 is 0.924 bits per heavy atom. The Kier molecular flexibility index (Phi) is 20.8. The minimum absolute atomic E-state index is 0.0241. The number of aliphatic hydroxyl groups is 2. The summed E-state index contributed by atoms with van der Waals surface area (Å²) in [5.74, 6) is -8.38. The quantitative estimate of drug-likeness (QED) is 0.186. The molecule has 368 valence electrons. The van der Waals surface area contributed by atoms with Gasteiger partial charge in [-0.3, -0.25) is 19.2 Å². The molecule has 1 aromatic carbocycles. The number of phenols is 1. The summed E-state index contributed by atoms with van der Waals surface area (Å²) < 4.78 is 29.5. The number of hydrogen-bond acceptors (Lipinski definition) is 13. The number of nitrogens with zero attached hydrogens (tertiary/aromatic N) is 1. The van der Waals surface area contributed by atoms with Crippen molar-refractivity contribution in [2.24, 2.45) is 35.5 Å². The number of Topliss-reactive ketones (excluding diaryl/α,β-unsaturated/α-hetero) is 3. The number of amides is 1. The summed E-state index contributed by atoms with van der Waals surface area (Å²) in [5.41, 5.74) is 1.65. The van der Waals surface area contributed by atoms with E-state index in [9.17, 15) is 39.3 Å². The van der Waals surface area contributed by atoms with Crippen LogP contribution in [0, 0.1) is 35.5 Å². The van der Waals surface area contributed by atoms with Crippen LogP contribution in [-0.2, 0) is 49.3 Å². The van der Waals surface area contributed by atoms with Gasteiger partial charge in [-0.2, -0.15) is 0 Å². The molecule has 2 saturated heterocycles. The molecular formula is C52H77NO13. The number of carbonyl (C=O) groups excluding carboxylic acids is 5. The van der Waals surface area contributed by atoms with E-state index in [1.807, 2.05) is 65.0 Å². The Morgan fingerprint density at radius 3 is 2.33 bits per heavy atom. The third-order valence-corrected chi connectivity index (χ3v) is 13.9. The van der Waals surface area contributed by atoms with Crippen LogP contribution in [-0.4, -0.2) is 119 Å². The average Bonchev–Trinajstić information content (AvgIpc) is 3.29. The number of cyclic esters (lactones) is 1. The third kappa shape index (κ3) is 14.2. The van der Waals surface area contributed by atoms with E-state index < -0.39 is 89.6 Å². The highest BCUT2D eigenvalue weighted by Gasteiger charge is 2.53. The van der Waals surface area contributed by atoms with Crippen LogP contribution in [0.4, 0.5) is 0 Å². The van der Waals surface area contributed by atoms with Gasteiger partial charge in [-0.1, -0.05) is 78.0 Å². The molecule has 0 saturated carbocycles. The van der Waals surface area contributed by atoms with Crippen molar-refractivity contribution in [1.29, 1.82) is 0 Å². The number of benzene rings is 1. The van der Waals surface area contributed by atoms with Gasteiger partial charge in [0.15, 0.2) is 17.3 Å². The second kappa shape index (κ2) is 25.2. The van der Waals surface area contributed by atoms with E-state index in [4.69, 9.17) is 23.7 Å². The third-order valence-electron chi connectivity index (χ3n) is 13.9. The lowest BCUT2D eigenvalue weighted by Gasteiger charge is -2.42. The number of aliphatic hydroxyl groups excluding tert-OH is 1. The zero-order chi connectivity index (χ0) is 48.9. The van der Waals surface area contributed by atoms with Crippen LogP contribution in [0.15, 0.2) is 54.2 Å². The first-order chi connectivity index (χ1) is 31.2. The molecule has 14 nitrogen and oxygen atoms in total. The number of aromatic hydroxyl groups is 1. The molecule has 2 bridgehead atoms. The number of esters is 1. The average molecular weight is 924 g/mol. The van der Waals surface area contributed by atoms with Gasteiger partial charge in [0.1, 0.15) is 24.0 Å². The maximum atomic E-state index is 14.4. The van der Waals surface area contributed by atoms with E-state index >= 15 is 0 Å². The van der Waals surface area contributed by atoms with Crippen LogP contribution in [0.1, 0.15) is 119 Å². The lowest BCUT2D eigenvalue weighted by Crippen LogP contribution is -2.61. The lowest BCUT2D eigenvalue weighted by molar-refractivity contribution is -0.266. The summed E-state index contributed by atoms with van der Waals surface area (Å²) in [6.45, 7) is 15.1. The number of allylic oxidation sites excluding steroid dienone is 5. The predicted molar refractivity (Wildman–Crippen MR) is 249 cm³/mol. The number of carbonyl (C=O) groups is 5. The number of fused-ring (bicyclic) bond motifs is 3. The molecule has 3 aliphatic heterocycles. The van der Waals surface area contributed by atoms with Crippen molar-refractivity contribution in [2.75, 3.05) is 27.4 Å². The first-order valence-corrected chi connectivity index (χ1v) is 24.0. The Hall–Kier alpha value is -4.21. The van der Waals surface area contributed by atoms with Gasteiger partial charge in [0.2, 0.25) is 5.79 Å². The molecule has 3 aliphatic rings. The standard InChI is InChI=1S/C52H77NO13/c1-11-64-43-29-39-22-20-37(8)52(61,66-39)49(58)50(59)53-24-16-15-19-40(53)51(60)65-44(34(5)27-38-21-23-41(54)45(28-38)62-9)30-42(55)33(4)26-36(7)47(57)48(63-10)46(56)35(6)25-31(2)17-13-12-14-18-32(43)3/h12-14,17-18,21,23,28,31,33-37,39-40,43-44,47-48,54,57,61H,11,15-16,19-20,22,24-27,29-30H2,1-10H3. The van der Waals surface area contributed by atoms with E-state index in [1.54, 1.807) is 32.9 Å². The van der Waals surface area contributed by atoms with Crippen molar-refractivity contribution < 1.29 is 63.0 Å². The molecule has 2 fully saturated rings. The molecule has 13 unspecified atom stereocenters. The number of rotatable bonds is 7. The van der Waals surface area contributed by atoms with Crippen LogP contribution in [0.25, 0.3) is 0 Å². The fraction of sp³-hybridized carbons (Fsp3) is 0.673. The van der Waals surface area contributed by atoms with Crippen molar-refractivity contribution >= 4 is 29.2 Å². The van der Waals surface area contributed by atoms with Crippen LogP contribution >= 0.6 is 0 Å². The van der Waals surface area contributed by atoms with Gasteiger partial charge in [0, 0.05) is 50.9 Å². The molecule has 66 heavy (non-hydrogen) atoms. The maximum Gasteiger partial charge on any atom is 0.329 e. The minimum Gasteiger partial charge on any atom is -0.504 e. The second-order valence-corrected chi connectivity index (χ2v) is 19.2. The van der Waals surface area contributed by atoms with Gasteiger partial charge in [0.25, 0.3) is 11.7 Å². The predicted octanol–water partition coefficient (Wildman–Crippen LogP) is 7.04. The van der Waals surface area contributed by atoms with E-state index in [1.165, 1.54) is 25.2 Å². The zero-order valence-electron chi connectivity index (χ0n) is 40.9. The summed E-state index contributed by atoms with van der Waals surface area (Å²) in [6, 6.07) is 3.72. The van der Waals surface area contributed by atoms with Crippen molar-refractivity contribution in [1.82, 2.24) is 4.90 Å². The Labute approximate surface area is 392 Å². The molecule has 1 aromatic rings. The summed E-state index contributed by atoms with van der Waals surface area (Å²) in [4.78, 5) is 71.9. The van der Waals surface area contributed by atoms with Gasteiger partial charge < -0.3 is 43.9 Å². The van der Waals surface area contributed by atoms with Gasteiger partial charge in [-0.05, 0) is 106 Å². The van der Waals surface area contributed by atoms with Crippen LogP contribution in [0.5, 0.6) is 11.5 Å². The first kappa shape index (κ1) is 54.4. The molecular weight excluding hydrogens is 847 g/mol. The minimum atomic E-state index is -2.44. The summed E-state index contributed by atoms with van der Waals surface area (Å²) in [7, 11) is 2.83. The van der Waals surface area contributed by atoms with Crippen molar-refractivity contribution in [2.45, 2.75) is 162 Å². The van der Waals surface area contributed by atoms with Crippen molar-refractivity contribution in [3.05, 3.63) is 59.7 Å². The van der Waals surface area contributed by atoms with Gasteiger partial charge in [0.05, 0.1) is 25.4 Å². The molecule has 14 heteroatoms. The SMILES string of the molecule is CCOC1CC2CCC(C)C(O)(O2)C(=O)C(=O)N2CCCCC2C(=O)OC(C(C)Cc2ccc(O)c(OC)c2)CC(=O)C(C)CC(C)C(O)C(OC)C(=O)C(C)CC(C)C=CC=CC=C1C. The van der Waals surface area contributed by atoms with Gasteiger partial charge in [-0.15, -0.1) is 0 Å². The van der Waals surface area contributed by atoms with E-state index in [0.29, 0.717) is 51.6 Å². The highest BCUT2D eigenvalue weighted by atomic mass is 16.6. The number of piperidine rings is 1. The van der Waals surface area contributed by atoms with Crippen LogP contribution in [0.3, 0.4) is 0 Å². The molecule has 3 heterocycles. The fourth-order valence-electron chi connectivity index (χ4n) is 9.59. The molecule has 4 rings (SSSR count). The molecule has 0 aliphatic carbocycles. The maximum absolute atomic E-state index is 14.4. The smallest absolute Gasteiger partial charge is 0.329 e. The molecule has 0 aromatic heterocycles. The number of phenolic OH excluding ortho intramolecular Hbond substituents is 1. The topological polar surface area (TPSA) is 195 Å². The highest BCUT2D eigenvalue weighted by molar-refractivity contribution is 6.39. The number of hydrogen-bond donors (Lipinski definition) is 3. The highest BCUT2D eigenvalue weighted by Crippen LogP contribution is 2.37.